The summed E-state index contributed by atoms with van der Waals surface area (Å²) in [7, 11) is 0. The van der Waals surface area contributed by atoms with Crippen LogP contribution in [0, 0.1) is 5.92 Å². The highest BCUT2D eigenvalue weighted by atomic mass is 19.4. The van der Waals surface area contributed by atoms with Gasteiger partial charge < -0.3 is 10.5 Å². The number of alkyl halides is 3. The van der Waals surface area contributed by atoms with Gasteiger partial charge in [-0.05, 0) is 25.0 Å². The van der Waals surface area contributed by atoms with Crippen LogP contribution in [-0.4, -0.2) is 12.2 Å². The predicted molar refractivity (Wildman–Crippen MR) is 71.0 cm³/mol. The van der Waals surface area contributed by atoms with Gasteiger partial charge in [0, 0.05) is 12.0 Å². The molecule has 1 fully saturated rings. The third-order valence-corrected chi connectivity index (χ3v) is 3.33. The van der Waals surface area contributed by atoms with Crippen molar-refractivity contribution in [1.29, 1.82) is 0 Å². The molecule has 2 rings (SSSR count). The Morgan fingerprint density at radius 3 is 2.55 bits per heavy atom. The maximum absolute atomic E-state index is 12.1. The minimum absolute atomic E-state index is 0.232. The van der Waals surface area contributed by atoms with Crippen LogP contribution in [0.2, 0.25) is 0 Å². The molecule has 1 aromatic carbocycles. The van der Waals surface area contributed by atoms with Gasteiger partial charge in [0.25, 0.3) is 0 Å². The Morgan fingerprint density at radius 2 is 1.90 bits per heavy atom. The van der Waals surface area contributed by atoms with Gasteiger partial charge in [0.1, 0.15) is 11.6 Å². The topological polar surface area (TPSA) is 47.6 Å². The third-order valence-electron chi connectivity index (χ3n) is 3.33. The van der Waals surface area contributed by atoms with Crippen molar-refractivity contribution in [2.45, 2.75) is 38.5 Å². The van der Waals surface area contributed by atoms with Crippen LogP contribution in [-0.2, 0) is 0 Å². The summed E-state index contributed by atoms with van der Waals surface area (Å²) >= 11 is 0. The number of nitrogens with zero attached hydrogens (tertiary/aromatic N) is 1. The highest BCUT2D eigenvalue weighted by Gasteiger charge is 2.31. The molecule has 1 aliphatic carbocycles. The second-order valence-electron chi connectivity index (χ2n) is 4.92. The van der Waals surface area contributed by atoms with Gasteiger partial charge in [-0.3, -0.25) is 0 Å². The number of ether oxygens (including phenoxy) is 1. The fourth-order valence-electron chi connectivity index (χ4n) is 2.39. The second-order valence-corrected chi connectivity index (χ2v) is 4.92. The van der Waals surface area contributed by atoms with E-state index in [-0.39, 0.29) is 11.7 Å². The molecule has 0 bridgehead atoms. The maximum Gasteiger partial charge on any atom is 0.573 e. The van der Waals surface area contributed by atoms with Crippen molar-refractivity contribution in [3.63, 3.8) is 0 Å². The van der Waals surface area contributed by atoms with Gasteiger partial charge in [-0.25, -0.2) is 4.99 Å². The average Bonchev–Trinajstić information content (AvgIpc) is 2.38. The maximum atomic E-state index is 12.1. The van der Waals surface area contributed by atoms with E-state index in [0.29, 0.717) is 11.5 Å². The van der Waals surface area contributed by atoms with Crippen molar-refractivity contribution >= 4 is 11.5 Å². The smallest absolute Gasteiger partial charge is 0.406 e. The van der Waals surface area contributed by atoms with Crippen LogP contribution in [0.25, 0.3) is 0 Å². The van der Waals surface area contributed by atoms with Crippen LogP contribution in [0.5, 0.6) is 5.75 Å². The Kier molecular flexibility index (Phi) is 4.52. The zero-order chi connectivity index (χ0) is 14.6. The first-order valence-corrected chi connectivity index (χ1v) is 6.64. The number of hydrogen-bond donors (Lipinski definition) is 1. The first-order chi connectivity index (χ1) is 9.44. The van der Waals surface area contributed by atoms with Crippen molar-refractivity contribution < 1.29 is 17.9 Å². The van der Waals surface area contributed by atoms with E-state index < -0.39 is 6.36 Å². The number of aliphatic imine (C=N–C) groups is 1. The molecule has 1 aliphatic rings. The van der Waals surface area contributed by atoms with Crippen LogP contribution in [0.3, 0.4) is 0 Å². The molecule has 1 aromatic rings. The van der Waals surface area contributed by atoms with E-state index in [9.17, 15) is 13.2 Å². The minimum atomic E-state index is -4.70. The number of benzene rings is 1. The Labute approximate surface area is 115 Å². The van der Waals surface area contributed by atoms with E-state index in [1.54, 1.807) is 6.07 Å². The zero-order valence-electron chi connectivity index (χ0n) is 11.0. The number of amidine groups is 1. The summed E-state index contributed by atoms with van der Waals surface area (Å²) in [6.45, 7) is 0. The van der Waals surface area contributed by atoms with Crippen molar-refractivity contribution in [2.24, 2.45) is 16.6 Å². The van der Waals surface area contributed by atoms with Crippen molar-refractivity contribution in [1.82, 2.24) is 0 Å². The molecule has 0 radical (unpaired) electrons. The van der Waals surface area contributed by atoms with E-state index >= 15 is 0 Å². The van der Waals surface area contributed by atoms with Crippen LogP contribution in [0.4, 0.5) is 18.9 Å². The fraction of sp³-hybridized carbons (Fsp3) is 0.500. The Morgan fingerprint density at radius 1 is 1.20 bits per heavy atom. The first-order valence-electron chi connectivity index (χ1n) is 6.64. The van der Waals surface area contributed by atoms with E-state index in [2.05, 4.69) is 9.73 Å². The zero-order valence-corrected chi connectivity index (χ0v) is 11.0. The quantitative estimate of drug-likeness (QED) is 0.670. The highest BCUT2D eigenvalue weighted by molar-refractivity contribution is 5.85. The standard InChI is InChI=1S/C14H17F3N2O/c15-14(16,17)20-12-8-4-7-11(9-12)19-13(18)10-5-2-1-3-6-10/h4,7-10H,1-3,5-6H2,(H2,18,19). The van der Waals surface area contributed by atoms with Crippen molar-refractivity contribution in [2.75, 3.05) is 0 Å². The number of hydrogen-bond acceptors (Lipinski definition) is 2. The van der Waals surface area contributed by atoms with Crippen molar-refractivity contribution in [3.8, 4) is 5.75 Å². The predicted octanol–water partition coefficient (Wildman–Crippen LogP) is 4.15. The van der Waals surface area contributed by atoms with Gasteiger partial charge in [-0.1, -0.05) is 25.3 Å². The molecule has 0 atom stereocenters. The summed E-state index contributed by atoms with van der Waals surface area (Å²) < 4.78 is 40.3. The Bertz CT molecular complexity index is 480. The van der Waals surface area contributed by atoms with Gasteiger partial charge in [-0.2, -0.15) is 0 Å². The van der Waals surface area contributed by atoms with Gasteiger partial charge in [-0.15, -0.1) is 13.2 Å². The van der Waals surface area contributed by atoms with Gasteiger partial charge >= 0.3 is 6.36 Å². The second kappa shape index (κ2) is 6.15. The van der Waals surface area contributed by atoms with Gasteiger partial charge in [0.05, 0.1) is 5.69 Å². The lowest BCUT2D eigenvalue weighted by Crippen LogP contribution is -2.25. The molecule has 0 saturated heterocycles. The molecule has 3 nitrogen and oxygen atoms in total. The van der Waals surface area contributed by atoms with E-state index in [0.717, 1.165) is 25.7 Å². The summed E-state index contributed by atoms with van der Waals surface area (Å²) in [6, 6.07) is 5.56. The largest absolute Gasteiger partial charge is 0.573 e. The molecule has 20 heavy (non-hydrogen) atoms. The molecule has 110 valence electrons. The van der Waals surface area contributed by atoms with Crippen LogP contribution in [0.15, 0.2) is 29.3 Å². The average molecular weight is 286 g/mol. The van der Waals surface area contributed by atoms with Crippen molar-refractivity contribution in [3.05, 3.63) is 24.3 Å². The molecular weight excluding hydrogens is 269 g/mol. The Hall–Kier alpha value is -1.72. The van der Waals surface area contributed by atoms with Gasteiger partial charge in [0.2, 0.25) is 0 Å². The number of halogens is 3. The molecule has 1 saturated carbocycles. The first kappa shape index (κ1) is 14.7. The monoisotopic (exact) mass is 286 g/mol. The van der Waals surface area contributed by atoms with Gasteiger partial charge in [0.15, 0.2) is 0 Å². The molecule has 0 aliphatic heterocycles. The molecule has 0 aromatic heterocycles. The SMILES string of the molecule is NC(=Nc1cccc(OC(F)(F)F)c1)C1CCCCC1. The Balaban J connectivity index is 2.10. The summed E-state index contributed by atoms with van der Waals surface area (Å²) in [5, 5.41) is 0. The molecule has 0 amide bonds. The normalized spacial score (nSPS) is 18.1. The summed E-state index contributed by atoms with van der Waals surface area (Å²) in [4.78, 5) is 4.22. The van der Waals surface area contributed by atoms with Crippen LogP contribution < -0.4 is 10.5 Å². The van der Waals surface area contributed by atoms with Crippen LogP contribution in [0.1, 0.15) is 32.1 Å². The lowest BCUT2D eigenvalue weighted by molar-refractivity contribution is -0.274. The summed E-state index contributed by atoms with van der Waals surface area (Å²) in [5.41, 5.74) is 6.33. The minimum Gasteiger partial charge on any atom is -0.406 e. The molecule has 6 heteroatoms. The fourth-order valence-corrected chi connectivity index (χ4v) is 2.39. The molecule has 2 N–H and O–H groups in total. The number of rotatable bonds is 3. The third kappa shape index (κ3) is 4.43. The molecular formula is C14H17F3N2O. The molecule has 0 spiro atoms. The summed E-state index contributed by atoms with van der Waals surface area (Å²) in [5.74, 6) is 0.444. The molecule has 0 unspecified atom stereocenters. The molecule has 0 heterocycles. The van der Waals surface area contributed by atoms with E-state index in [1.165, 1.54) is 24.6 Å². The highest BCUT2D eigenvalue weighted by Crippen LogP contribution is 2.28. The van der Waals surface area contributed by atoms with E-state index in [1.807, 2.05) is 0 Å². The van der Waals surface area contributed by atoms with Crippen LogP contribution >= 0.6 is 0 Å². The van der Waals surface area contributed by atoms with E-state index in [4.69, 9.17) is 5.73 Å². The summed E-state index contributed by atoms with van der Waals surface area (Å²) in [6.07, 6.45) is 0.744. The number of nitrogens with two attached hydrogens (primary N) is 1. The lowest BCUT2D eigenvalue weighted by Gasteiger charge is -2.20. The lowest BCUT2D eigenvalue weighted by atomic mass is 9.88.